The van der Waals surface area contributed by atoms with Gasteiger partial charge in [0.1, 0.15) is 6.04 Å². The number of ether oxygens (including phenoxy) is 2. The molecule has 0 aliphatic carbocycles. The summed E-state index contributed by atoms with van der Waals surface area (Å²) in [6, 6.07) is 10.1. The lowest BCUT2D eigenvalue weighted by Crippen LogP contribution is -2.41. The molecule has 2 aromatic carbocycles. The second-order valence-electron chi connectivity index (χ2n) is 8.92. The van der Waals surface area contributed by atoms with Crippen LogP contribution >= 0.6 is 0 Å². The number of carbonyl (C=O) groups excluding carboxylic acids is 2. The number of anilines is 1. The van der Waals surface area contributed by atoms with Crippen LogP contribution in [0.4, 0.5) is 5.69 Å². The van der Waals surface area contributed by atoms with Crippen LogP contribution in [0.1, 0.15) is 49.5 Å². The Morgan fingerprint density at radius 2 is 1.77 bits per heavy atom. The molecule has 2 aromatic rings. The van der Waals surface area contributed by atoms with Crippen molar-refractivity contribution < 1.29 is 34.1 Å². The van der Waals surface area contributed by atoms with E-state index in [0.717, 1.165) is 5.56 Å². The van der Waals surface area contributed by atoms with Crippen molar-refractivity contribution in [3.05, 3.63) is 53.6 Å². The molecule has 1 unspecified atom stereocenters. The summed E-state index contributed by atoms with van der Waals surface area (Å²) < 4.78 is 9.93. The average Bonchev–Trinajstić information content (AvgIpc) is 2.82. The number of phenols is 1. The number of Topliss-reactive ketones (excluding diaryl/α,β-unsaturated/α-hetero) is 1. The van der Waals surface area contributed by atoms with Gasteiger partial charge in [0.25, 0.3) is 0 Å². The van der Waals surface area contributed by atoms with Crippen LogP contribution in [0.5, 0.6) is 11.5 Å². The van der Waals surface area contributed by atoms with Crippen LogP contribution in [0.3, 0.4) is 0 Å². The van der Waals surface area contributed by atoms with E-state index < -0.39 is 36.2 Å². The number of ketones is 1. The number of methoxy groups -OCH3 is 2. The van der Waals surface area contributed by atoms with Crippen LogP contribution in [-0.2, 0) is 19.7 Å². The van der Waals surface area contributed by atoms with Gasteiger partial charge >= 0.3 is 11.9 Å². The van der Waals surface area contributed by atoms with Gasteiger partial charge in [0.15, 0.2) is 17.3 Å². The van der Waals surface area contributed by atoms with Crippen LogP contribution in [0.25, 0.3) is 0 Å². The molecule has 0 fully saturated rings. The molecule has 0 aliphatic rings. The number of carboxylic acids is 1. The minimum absolute atomic E-state index is 0.0473. The normalized spacial score (nSPS) is 12.9. The zero-order valence-corrected chi connectivity index (χ0v) is 20.8. The smallest absolute Gasteiger partial charge is 0.327 e. The summed E-state index contributed by atoms with van der Waals surface area (Å²) in [6.07, 6.45) is 0.191. The molecule has 2 rings (SSSR count). The Morgan fingerprint density at radius 3 is 2.40 bits per heavy atom. The molecule has 0 saturated heterocycles. The van der Waals surface area contributed by atoms with Crippen LogP contribution in [0.2, 0.25) is 0 Å². The van der Waals surface area contributed by atoms with Gasteiger partial charge in [-0.25, -0.2) is 4.79 Å². The quantitative estimate of drug-likeness (QED) is 0.248. The largest absolute Gasteiger partial charge is 0.504 e. The predicted molar refractivity (Wildman–Crippen MR) is 132 cm³/mol. The summed E-state index contributed by atoms with van der Waals surface area (Å²) in [4.78, 5) is 36.7. The highest BCUT2D eigenvalue weighted by Gasteiger charge is 2.27. The van der Waals surface area contributed by atoms with Gasteiger partial charge in [0, 0.05) is 11.3 Å². The molecule has 4 N–H and O–H groups in total. The number of phenolic OH excluding ortho intramolecular Hbond substituents is 1. The maximum Gasteiger partial charge on any atom is 0.327 e. The Labute approximate surface area is 205 Å². The molecular formula is C26H34N2O7. The van der Waals surface area contributed by atoms with Gasteiger partial charge in [-0.2, -0.15) is 0 Å². The third-order valence-corrected chi connectivity index (χ3v) is 5.92. The molecule has 0 saturated carbocycles. The highest BCUT2D eigenvalue weighted by molar-refractivity contribution is 6.06. The first kappa shape index (κ1) is 27.7. The molecule has 190 valence electrons. The number of rotatable bonds is 13. The number of nitrogens with one attached hydrogen (secondary N) is 2. The molecule has 0 spiro atoms. The molecule has 35 heavy (non-hydrogen) atoms. The molecular weight excluding hydrogens is 452 g/mol. The van der Waals surface area contributed by atoms with Gasteiger partial charge in [-0.1, -0.05) is 32.0 Å². The SMILES string of the molecule is COC(=O)C(C)Nc1ccccc1C(=O)[C@H](CC(=O)O)NCCC(C)(C)c1ccc(O)c(OC)c1. The fourth-order valence-electron chi connectivity index (χ4n) is 3.71. The Morgan fingerprint density at radius 1 is 1.09 bits per heavy atom. The summed E-state index contributed by atoms with van der Waals surface area (Å²) in [5, 5.41) is 25.3. The molecule has 0 aliphatic heterocycles. The van der Waals surface area contributed by atoms with E-state index in [-0.39, 0.29) is 16.7 Å². The molecule has 0 aromatic heterocycles. The zero-order chi connectivity index (χ0) is 26.2. The van der Waals surface area contributed by atoms with E-state index in [1.54, 1.807) is 43.3 Å². The molecule has 0 amide bonds. The lowest BCUT2D eigenvalue weighted by molar-refractivity contribution is -0.141. The molecule has 0 radical (unpaired) electrons. The van der Waals surface area contributed by atoms with Gasteiger partial charge in [-0.3, -0.25) is 9.59 Å². The van der Waals surface area contributed by atoms with Gasteiger partial charge in [0.05, 0.1) is 26.7 Å². The molecule has 0 heterocycles. The fourth-order valence-corrected chi connectivity index (χ4v) is 3.71. The Bertz CT molecular complexity index is 1050. The standard InChI is InChI=1S/C26H34N2O7/c1-16(25(33)35-5)28-19-9-7-6-8-18(19)24(32)20(15-23(30)31)27-13-12-26(2,3)17-10-11-21(29)22(14-17)34-4/h6-11,14,16,20,27-29H,12-13,15H2,1-5H3,(H,30,31)/t16?,20-/m0/s1. The van der Waals surface area contributed by atoms with E-state index in [4.69, 9.17) is 9.47 Å². The third-order valence-electron chi connectivity index (χ3n) is 5.92. The van der Waals surface area contributed by atoms with E-state index in [1.165, 1.54) is 14.2 Å². The van der Waals surface area contributed by atoms with E-state index in [1.807, 2.05) is 19.9 Å². The van der Waals surface area contributed by atoms with E-state index in [9.17, 15) is 24.6 Å². The van der Waals surface area contributed by atoms with Crippen LogP contribution in [0.15, 0.2) is 42.5 Å². The maximum absolute atomic E-state index is 13.3. The van der Waals surface area contributed by atoms with Crippen molar-refractivity contribution in [2.45, 2.75) is 51.1 Å². The molecule has 2 atom stereocenters. The monoisotopic (exact) mass is 486 g/mol. The number of aromatic hydroxyl groups is 1. The van der Waals surface area contributed by atoms with Crippen molar-refractivity contribution in [1.29, 1.82) is 0 Å². The summed E-state index contributed by atoms with van der Waals surface area (Å²) in [6.45, 7) is 6.01. The molecule has 9 nitrogen and oxygen atoms in total. The number of hydrogen-bond donors (Lipinski definition) is 4. The molecule has 9 heteroatoms. The first-order valence-electron chi connectivity index (χ1n) is 11.3. The lowest BCUT2D eigenvalue weighted by Gasteiger charge is -2.27. The number of hydrogen-bond acceptors (Lipinski definition) is 8. The minimum atomic E-state index is -1.10. The van der Waals surface area contributed by atoms with Crippen molar-refractivity contribution >= 4 is 23.4 Å². The first-order chi connectivity index (χ1) is 16.5. The van der Waals surface area contributed by atoms with Gasteiger partial charge in [-0.05, 0) is 55.1 Å². The van der Waals surface area contributed by atoms with Crippen LogP contribution in [-0.4, -0.2) is 60.8 Å². The Balaban J connectivity index is 2.17. The maximum atomic E-state index is 13.3. The number of carboxylic acid groups (broad SMARTS) is 1. The Kier molecular flexibility index (Phi) is 9.65. The lowest BCUT2D eigenvalue weighted by atomic mass is 9.81. The summed E-state index contributed by atoms with van der Waals surface area (Å²) in [5.41, 5.74) is 1.29. The van der Waals surface area contributed by atoms with Crippen molar-refractivity contribution in [1.82, 2.24) is 5.32 Å². The van der Waals surface area contributed by atoms with Crippen molar-refractivity contribution in [2.24, 2.45) is 0 Å². The highest BCUT2D eigenvalue weighted by atomic mass is 16.5. The average molecular weight is 487 g/mol. The first-order valence-corrected chi connectivity index (χ1v) is 11.3. The molecule has 0 bridgehead atoms. The van der Waals surface area contributed by atoms with E-state index in [0.29, 0.717) is 24.4 Å². The van der Waals surface area contributed by atoms with Crippen LogP contribution in [0, 0.1) is 0 Å². The van der Waals surface area contributed by atoms with Gasteiger partial charge in [-0.15, -0.1) is 0 Å². The predicted octanol–water partition coefficient (Wildman–Crippen LogP) is 3.36. The number of benzene rings is 2. The van der Waals surface area contributed by atoms with Crippen LogP contribution < -0.4 is 15.4 Å². The van der Waals surface area contributed by atoms with E-state index >= 15 is 0 Å². The number of carbonyl (C=O) groups is 3. The third kappa shape index (κ3) is 7.45. The van der Waals surface area contributed by atoms with Crippen molar-refractivity contribution in [3.63, 3.8) is 0 Å². The minimum Gasteiger partial charge on any atom is -0.504 e. The number of para-hydroxylation sites is 1. The second-order valence-corrected chi connectivity index (χ2v) is 8.92. The topological polar surface area (TPSA) is 134 Å². The van der Waals surface area contributed by atoms with Crippen molar-refractivity contribution in [2.75, 3.05) is 26.1 Å². The highest BCUT2D eigenvalue weighted by Crippen LogP contribution is 2.34. The summed E-state index contributed by atoms with van der Waals surface area (Å²) in [7, 11) is 2.76. The summed E-state index contributed by atoms with van der Waals surface area (Å²) in [5.74, 6) is -1.57. The number of esters is 1. The Hall–Kier alpha value is -3.59. The van der Waals surface area contributed by atoms with Gasteiger partial charge < -0.3 is 30.3 Å². The van der Waals surface area contributed by atoms with Gasteiger partial charge in [0.2, 0.25) is 0 Å². The van der Waals surface area contributed by atoms with Crippen molar-refractivity contribution in [3.8, 4) is 11.5 Å². The number of aliphatic carboxylic acids is 1. The summed E-state index contributed by atoms with van der Waals surface area (Å²) >= 11 is 0. The fraction of sp³-hybridized carbons (Fsp3) is 0.423. The second kappa shape index (κ2) is 12.2. The van der Waals surface area contributed by atoms with E-state index in [2.05, 4.69) is 10.6 Å². The zero-order valence-electron chi connectivity index (χ0n) is 20.8.